The maximum atomic E-state index is 13.0. The molecule has 0 unspecified atom stereocenters. The highest BCUT2D eigenvalue weighted by molar-refractivity contribution is 5.74. The van der Waals surface area contributed by atoms with Crippen molar-refractivity contribution in [2.24, 2.45) is 7.05 Å². The van der Waals surface area contributed by atoms with Gasteiger partial charge in [-0.15, -0.1) is 0 Å². The van der Waals surface area contributed by atoms with Crippen molar-refractivity contribution in [3.63, 3.8) is 0 Å². The number of nitrogens with zero attached hydrogens (tertiary/aromatic N) is 4. The number of aromatic nitrogens is 4. The third-order valence-corrected chi connectivity index (χ3v) is 3.55. The number of benzene rings is 1. The van der Waals surface area contributed by atoms with Gasteiger partial charge in [0.25, 0.3) is 0 Å². The fraction of sp³-hybridized carbons (Fsp3) is 0.118. The molecule has 0 fully saturated rings. The van der Waals surface area contributed by atoms with Crippen LogP contribution in [0.4, 0.5) is 24.9 Å². The molecule has 0 bridgehead atoms. The molecular weight excluding hydrogens is 345 g/mol. The molecule has 2 aromatic heterocycles. The molecule has 0 aliphatic rings. The van der Waals surface area contributed by atoms with E-state index in [0.29, 0.717) is 5.69 Å². The van der Waals surface area contributed by atoms with Crippen LogP contribution in [-0.4, -0.2) is 19.5 Å². The molecule has 9 heteroatoms. The van der Waals surface area contributed by atoms with E-state index >= 15 is 0 Å². The van der Waals surface area contributed by atoms with Crippen LogP contribution in [0.1, 0.15) is 16.8 Å². The Morgan fingerprint density at radius 1 is 1.12 bits per heavy atom. The summed E-state index contributed by atoms with van der Waals surface area (Å²) >= 11 is 0. The molecule has 3 aromatic rings. The Labute approximate surface area is 146 Å². The molecule has 0 radical (unpaired) electrons. The smallest absolute Gasteiger partial charge is 0.382 e. The second-order valence-electron chi connectivity index (χ2n) is 5.41. The van der Waals surface area contributed by atoms with E-state index in [1.165, 1.54) is 12.1 Å². The summed E-state index contributed by atoms with van der Waals surface area (Å²) in [4.78, 5) is 11.8. The number of halogens is 3. The Hall–Kier alpha value is -3.54. The minimum absolute atomic E-state index is 0.0143. The highest BCUT2D eigenvalue weighted by Gasteiger charge is 2.30. The lowest BCUT2D eigenvalue weighted by Crippen LogP contribution is -2.07. The van der Waals surface area contributed by atoms with Gasteiger partial charge in [0.2, 0.25) is 5.95 Å². The molecule has 26 heavy (non-hydrogen) atoms. The van der Waals surface area contributed by atoms with Crippen molar-refractivity contribution in [3.05, 3.63) is 53.6 Å². The number of hydrogen-bond donors (Lipinski definition) is 2. The molecule has 0 spiro atoms. The number of nitrogen functional groups attached to an aromatic ring is 2. The van der Waals surface area contributed by atoms with E-state index in [1.807, 2.05) is 0 Å². The molecule has 3 rings (SSSR count). The van der Waals surface area contributed by atoms with Crippen LogP contribution in [0, 0.1) is 11.8 Å². The third-order valence-electron chi connectivity index (χ3n) is 3.55. The fourth-order valence-corrected chi connectivity index (χ4v) is 2.28. The maximum Gasteiger partial charge on any atom is 0.416 e. The third kappa shape index (κ3) is 3.44. The largest absolute Gasteiger partial charge is 0.416 e. The van der Waals surface area contributed by atoms with Crippen molar-refractivity contribution in [2.75, 3.05) is 11.5 Å². The summed E-state index contributed by atoms with van der Waals surface area (Å²) in [5.74, 6) is 5.50. The van der Waals surface area contributed by atoms with Crippen molar-refractivity contribution in [1.82, 2.24) is 19.5 Å². The lowest BCUT2D eigenvalue weighted by Gasteiger charge is -2.11. The van der Waals surface area contributed by atoms with Crippen molar-refractivity contribution >= 4 is 11.8 Å². The molecule has 6 nitrogen and oxygen atoms in total. The van der Waals surface area contributed by atoms with Gasteiger partial charge in [0.05, 0.1) is 29.3 Å². The quantitative estimate of drug-likeness (QED) is 0.652. The zero-order valence-electron chi connectivity index (χ0n) is 13.5. The summed E-state index contributed by atoms with van der Waals surface area (Å²) in [6.45, 7) is 0. The summed E-state index contributed by atoms with van der Waals surface area (Å²) < 4.78 is 40.7. The van der Waals surface area contributed by atoms with Gasteiger partial charge in [-0.25, -0.2) is 9.97 Å². The van der Waals surface area contributed by atoms with Gasteiger partial charge in [-0.2, -0.15) is 18.2 Å². The van der Waals surface area contributed by atoms with Crippen LogP contribution >= 0.6 is 0 Å². The lowest BCUT2D eigenvalue weighted by molar-refractivity contribution is -0.137. The number of alkyl halides is 3. The van der Waals surface area contributed by atoms with Crippen LogP contribution in [0.5, 0.6) is 0 Å². The van der Waals surface area contributed by atoms with Crippen LogP contribution in [-0.2, 0) is 13.2 Å². The molecule has 4 N–H and O–H groups in total. The fourth-order valence-electron chi connectivity index (χ4n) is 2.28. The van der Waals surface area contributed by atoms with Crippen LogP contribution in [0.25, 0.3) is 11.3 Å². The van der Waals surface area contributed by atoms with E-state index in [0.717, 1.165) is 12.1 Å². The van der Waals surface area contributed by atoms with E-state index in [1.54, 1.807) is 24.1 Å². The Balaban J connectivity index is 2.17. The predicted molar refractivity (Wildman–Crippen MR) is 90.5 cm³/mol. The SMILES string of the molecule is Cn1cncc1C#Cc1c(N)nc(N)nc1-c1cccc(C(F)(F)F)c1. The number of hydrogen-bond acceptors (Lipinski definition) is 5. The summed E-state index contributed by atoms with van der Waals surface area (Å²) in [5, 5.41) is 0. The molecule has 0 atom stereocenters. The van der Waals surface area contributed by atoms with Crippen LogP contribution < -0.4 is 11.5 Å². The Morgan fingerprint density at radius 2 is 1.88 bits per heavy atom. The van der Waals surface area contributed by atoms with Gasteiger partial charge >= 0.3 is 6.18 Å². The van der Waals surface area contributed by atoms with Gasteiger partial charge in [-0.05, 0) is 18.1 Å². The van der Waals surface area contributed by atoms with Gasteiger partial charge < -0.3 is 16.0 Å². The van der Waals surface area contributed by atoms with E-state index in [9.17, 15) is 13.2 Å². The zero-order chi connectivity index (χ0) is 18.9. The summed E-state index contributed by atoms with van der Waals surface area (Å²) in [6, 6.07) is 4.70. The Bertz CT molecular complexity index is 1030. The number of anilines is 2. The minimum Gasteiger partial charge on any atom is -0.382 e. The van der Waals surface area contributed by atoms with Gasteiger partial charge in [0.1, 0.15) is 11.5 Å². The number of imidazole rings is 1. The predicted octanol–water partition coefficient (Wildman–Crippen LogP) is 2.46. The van der Waals surface area contributed by atoms with Gasteiger partial charge in [0, 0.05) is 12.6 Å². The molecule has 0 aliphatic heterocycles. The average Bonchev–Trinajstić information content (AvgIpc) is 2.98. The first-order valence-electron chi connectivity index (χ1n) is 7.34. The van der Waals surface area contributed by atoms with E-state index < -0.39 is 11.7 Å². The van der Waals surface area contributed by atoms with Gasteiger partial charge in [-0.3, -0.25) is 0 Å². The van der Waals surface area contributed by atoms with Crippen LogP contribution in [0.15, 0.2) is 36.8 Å². The molecule has 0 saturated carbocycles. The molecular formula is C17H13F3N6. The van der Waals surface area contributed by atoms with E-state index in [4.69, 9.17) is 11.5 Å². The van der Waals surface area contributed by atoms with E-state index in [-0.39, 0.29) is 28.6 Å². The molecule has 0 amide bonds. The summed E-state index contributed by atoms with van der Waals surface area (Å²) in [5.41, 5.74) is 11.8. The average molecular weight is 358 g/mol. The van der Waals surface area contributed by atoms with E-state index in [2.05, 4.69) is 26.8 Å². The zero-order valence-corrected chi connectivity index (χ0v) is 13.5. The Kier molecular flexibility index (Phi) is 4.26. The summed E-state index contributed by atoms with van der Waals surface area (Å²) in [6.07, 6.45) is -1.37. The first-order chi connectivity index (χ1) is 12.3. The standard InChI is InChI=1S/C17H13F3N6/c1-26-9-23-8-12(26)5-6-13-14(24-16(22)25-15(13)21)10-3-2-4-11(7-10)17(18,19)20/h2-4,7-9H,1H3,(H4,21,22,24,25). The monoisotopic (exact) mass is 358 g/mol. The van der Waals surface area contributed by atoms with Gasteiger partial charge in [-0.1, -0.05) is 18.1 Å². The molecule has 2 heterocycles. The van der Waals surface area contributed by atoms with Crippen LogP contribution in [0.2, 0.25) is 0 Å². The minimum atomic E-state index is -4.49. The normalized spacial score (nSPS) is 11.1. The Morgan fingerprint density at radius 3 is 2.54 bits per heavy atom. The second kappa shape index (κ2) is 6.40. The van der Waals surface area contributed by atoms with Gasteiger partial charge in [0.15, 0.2) is 0 Å². The van der Waals surface area contributed by atoms with Crippen LogP contribution in [0.3, 0.4) is 0 Å². The number of rotatable bonds is 1. The van der Waals surface area contributed by atoms with Crippen molar-refractivity contribution in [1.29, 1.82) is 0 Å². The highest BCUT2D eigenvalue weighted by atomic mass is 19.4. The first-order valence-corrected chi connectivity index (χ1v) is 7.34. The summed E-state index contributed by atoms with van der Waals surface area (Å²) in [7, 11) is 1.76. The second-order valence-corrected chi connectivity index (χ2v) is 5.41. The topological polar surface area (TPSA) is 95.6 Å². The van der Waals surface area contributed by atoms with Crippen molar-refractivity contribution in [2.45, 2.75) is 6.18 Å². The molecule has 1 aromatic carbocycles. The maximum absolute atomic E-state index is 13.0. The number of nitrogens with two attached hydrogens (primary N) is 2. The molecule has 132 valence electrons. The first kappa shape index (κ1) is 17.3. The lowest BCUT2D eigenvalue weighted by atomic mass is 10.0. The molecule has 0 saturated heterocycles. The van der Waals surface area contributed by atoms with Crippen molar-refractivity contribution < 1.29 is 13.2 Å². The highest BCUT2D eigenvalue weighted by Crippen LogP contribution is 2.33. The number of aryl methyl sites for hydroxylation is 1. The molecule has 0 aliphatic carbocycles. The van der Waals surface area contributed by atoms with Crippen molar-refractivity contribution in [3.8, 4) is 23.1 Å².